The third kappa shape index (κ3) is 3.19. The summed E-state index contributed by atoms with van der Waals surface area (Å²) < 4.78 is 21.3. The summed E-state index contributed by atoms with van der Waals surface area (Å²) >= 11 is 0. The first kappa shape index (κ1) is 16.6. The van der Waals surface area contributed by atoms with Crippen LogP contribution >= 0.6 is 0 Å². The number of carbonyl (C=O) groups is 2. The maximum atomic E-state index is 12.5. The molecule has 3 atom stereocenters. The first-order valence-corrected chi connectivity index (χ1v) is 7.21. The molecule has 0 spiro atoms. The summed E-state index contributed by atoms with van der Waals surface area (Å²) in [5.41, 5.74) is -1.51. The van der Waals surface area contributed by atoms with E-state index in [1.54, 1.807) is 34.6 Å². The molecule has 2 heterocycles. The van der Waals surface area contributed by atoms with Crippen molar-refractivity contribution in [3.8, 4) is 0 Å². The Kier molecular flexibility index (Phi) is 4.12. The molecule has 2 fully saturated rings. The predicted molar refractivity (Wildman–Crippen MR) is 77.2 cm³/mol. The van der Waals surface area contributed by atoms with Gasteiger partial charge >= 0.3 is 12.2 Å². The van der Waals surface area contributed by atoms with Crippen LogP contribution in [-0.4, -0.2) is 53.3 Å². The van der Waals surface area contributed by atoms with Crippen LogP contribution in [0, 0.1) is 0 Å². The number of hydrogen-bond donors (Lipinski definition) is 0. The Morgan fingerprint density at radius 1 is 1.41 bits per heavy atom. The van der Waals surface area contributed by atoms with Crippen LogP contribution in [0.4, 0.5) is 9.59 Å². The van der Waals surface area contributed by atoms with Crippen LogP contribution in [0.2, 0.25) is 0 Å². The van der Waals surface area contributed by atoms with Crippen LogP contribution in [0.15, 0.2) is 12.7 Å². The van der Waals surface area contributed by atoms with Gasteiger partial charge in [-0.05, 0) is 40.7 Å². The molecular formula is C15H23NO6. The highest BCUT2D eigenvalue weighted by molar-refractivity contribution is 5.70. The van der Waals surface area contributed by atoms with Crippen LogP contribution in [0.3, 0.4) is 0 Å². The molecule has 2 aliphatic rings. The molecule has 0 aromatic rings. The molecule has 124 valence electrons. The van der Waals surface area contributed by atoms with Crippen molar-refractivity contribution in [2.45, 2.75) is 64.2 Å². The summed E-state index contributed by atoms with van der Waals surface area (Å²) in [7, 11) is 0. The molecule has 2 saturated heterocycles. The molecular weight excluding hydrogens is 290 g/mol. The minimum Gasteiger partial charge on any atom is -0.444 e. The number of ether oxygens (including phenoxy) is 4. The first-order chi connectivity index (χ1) is 10.0. The van der Waals surface area contributed by atoms with Crippen molar-refractivity contribution in [3.63, 3.8) is 0 Å². The van der Waals surface area contributed by atoms with Gasteiger partial charge in [0.2, 0.25) is 0 Å². The van der Waals surface area contributed by atoms with Gasteiger partial charge in [0.25, 0.3) is 0 Å². The highest BCUT2D eigenvalue weighted by Crippen LogP contribution is 2.35. The van der Waals surface area contributed by atoms with E-state index < -0.39 is 41.8 Å². The lowest BCUT2D eigenvalue weighted by Gasteiger charge is -2.36. The van der Waals surface area contributed by atoms with Crippen LogP contribution < -0.4 is 0 Å². The van der Waals surface area contributed by atoms with Gasteiger partial charge in [0, 0.05) is 0 Å². The highest BCUT2D eigenvalue weighted by Gasteiger charge is 2.54. The van der Waals surface area contributed by atoms with Crippen molar-refractivity contribution in [1.82, 2.24) is 4.90 Å². The molecule has 0 aromatic heterocycles. The van der Waals surface area contributed by atoms with E-state index in [1.807, 2.05) is 0 Å². The number of rotatable bonds is 2. The lowest BCUT2D eigenvalue weighted by atomic mass is 10.0. The second-order valence-electron chi connectivity index (χ2n) is 6.83. The smallest absolute Gasteiger partial charge is 0.444 e. The third-order valence-corrected chi connectivity index (χ3v) is 3.51. The van der Waals surface area contributed by atoms with Crippen molar-refractivity contribution in [2.75, 3.05) is 6.61 Å². The van der Waals surface area contributed by atoms with E-state index in [2.05, 4.69) is 6.58 Å². The summed E-state index contributed by atoms with van der Waals surface area (Å²) in [5.74, 6) is 0. The first-order valence-electron chi connectivity index (χ1n) is 7.21. The standard InChI is InChI=1S/C15H23NO6/c1-7-10-11(21-13(18)20-10)9-8-19-15(5,6)16(9)12(17)22-14(2,3)4/h7,9-11H,1,8H2,2-6H3/t9-,10+,11-/m0/s1. The summed E-state index contributed by atoms with van der Waals surface area (Å²) in [4.78, 5) is 25.4. The number of cyclic esters (lactones) is 2. The van der Waals surface area contributed by atoms with E-state index in [-0.39, 0.29) is 6.61 Å². The second kappa shape index (κ2) is 5.46. The van der Waals surface area contributed by atoms with Crippen LogP contribution in [0.25, 0.3) is 0 Å². The van der Waals surface area contributed by atoms with Gasteiger partial charge < -0.3 is 18.9 Å². The van der Waals surface area contributed by atoms with Crippen molar-refractivity contribution in [1.29, 1.82) is 0 Å². The molecule has 2 aliphatic heterocycles. The van der Waals surface area contributed by atoms with E-state index in [9.17, 15) is 9.59 Å². The summed E-state index contributed by atoms with van der Waals surface area (Å²) in [5, 5.41) is 0. The minimum atomic E-state index is -0.867. The highest BCUT2D eigenvalue weighted by atomic mass is 16.8. The van der Waals surface area contributed by atoms with Gasteiger partial charge in [-0.25, -0.2) is 9.59 Å². The largest absolute Gasteiger partial charge is 0.509 e. The average molecular weight is 313 g/mol. The Morgan fingerprint density at radius 3 is 2.59 bits per heavy atom. The van der Waals surface area contributed by atoms with E-state index in [1.165, 1.54) is 11.0 Å². The van der Waals surface area contributed by atoms with Crippen molar-refractivity contribution >= 4 is 12.2 Å². The Balaban J connectivity index is 2.25. The SMILES string of the molecule is C=C[C@H]1OC(=O)O[C@H]1[C@@H]1COC(C)(C)N1C(=O)OC(C)(C)C. The van der Waals surface area contributed by atoms with Crippen LogP contribution in [0.1, 0.15) is 34.6 Å². The zero-order valence-corrected chi connectivity index (χ0v) is 13.6. The van der Waals surface area contributed by atoms with E-state index >= 15 is 0 Å². The van der Waals surface area contributed by atoms with Gasteiger partial charge in [-0.2, -0.15) is 0 Å². The maximum absolute atomic E-state index is 12.5. The van der Waals surface area contributed by atoms with Gasteiger partial charge in [-0.1, -0.05) is 6.58 Å². The van der Waals surface area contributed by atoms with Gasteiger partial charge in [-0.15, -0.1) is 0 Å². The fourth-order valence-corrected chi connectivity index (χ4v) is 2.60. The number of hydrogen-bond acceptors (Lipinski definition) is 6. The number of amides is 1. The van der Waals surface area contributed by atoms with Gasteiger partial charge in [0.05, 0.1) is 6.61 Å². The Labute approximate surface area is 130 Å². The van der Waals surface area contributed by atoms with Crippen LogP contribution in [-0.2, 0) is 18.9 Å². The van der Waals surface area contributed by atoms with E-state index in [0.29, 0.717) is 0 Å². The third-order valence-electron chi connectivity index (χ3n) is 3.51. The zero-order chi connectivity index (χ0) is 16.7. The summed E-state index contributed by atoms with van der Waals surface area (Å²) in [6.45, 7) is 12.7. The Morgan fingerprint density at radius 2 is 2.05 bits per heavy atom. The van der Waals surface area contributed by atoms with E-state index in [0.717, 1.165) is 0 Å². The van der Waals surface area contributed by atoms with Crippen LogP contribution in [0.5, 0.6) is 0 Å². The molecule has 22 heavy (non-hydrogen) atoms. The zero-order valence-electron chi connectivity index (χ0n) is 13.6. The maximum Gasteiger partial charge on any atom is 0.509 e. The lowest BCUT2D eigenvalue weighted by molar-refractivity contribution is -0.0673. The fourth-order valence-electron chi connectivity index (χ4n) is 2.60. The number of nitrogens with zero attached hydrogens (tertiary/aromatic N) is 1. The minimum absolute atomic E-state index is 0.220. The van der Waals surface area contributed by atoms with Crippen molar-refractivity contribution in [3.05, 3.63) is 12.7 Å². The second-order valence-corrected chi connectivity index (χ2v) is 6.83. The normalized spacial score (nSPS) is 30.7. The van der Waals surface area contributed by atoms with E-state index in [4.69, 9.17) is 18.9 Å². The monoisotopic (exact) mass is 313 g/mol. The molecule has 0 aromatic carbocycles. The predicted octanol–water partition coefficient (Wildman–Crippen LogP) is 2.45. The molecule has 0 N–H and O–H groups in total. The average Bonchev–Trinajstić information content (AvgIpc) is 2.86. The van der Waals surface area contributed by atoms with Gasteiger partial charge in [0.15, 0.2) is 12.2 Å². The molecule has 0 bridgehead atoms. The Bertz CT molecular complexity index is 481. The van der Waals surface area contributed by atoms with Gasteiger partial charge in [-0.3, -0.25) is 4.90 Å². The molecule has 0 saturated carbocycles. The number of carbonyl (C=O) groups excluding carboxylic acids is 2. The summed E-state index contributed by atoms with van der Waals surface area (Å²) in [6, 6.07) is -0.501. The Hall–Kier alpha value is -1.76. The molecule has 2 rings (SSSR count). The lowest BCUT2D eigenvalue weighted by Crippen LogP contribution is -2.54. The summed E-state index contributed by atoms with van der Waals surface area (Å²) in [6.07, 6.45) is -1.11. The molecule has 0 radical (unpaired) electrons. The van der Waals surface area contributed by atoms with Crippen molar-refractivity contribution < 1.29 is 28.5 Å². The molecule has 0 unspecified atom stereocenters. The molecule has 7 nitrogen and oxygen atoms in total. The van der Waals surface area contributed by atoms with Gasteiger partial charge in [0.1, 0.15) is 17.4 Å². The quantitative estimate of drug-likeness (QED) is 0.576. The molecule has 7 heteroatoms. The molecule has 1 amide bonds. The molecule has 0 aliphatic carbocycles. The topological polar surface area (TPSA) is 74.3 Å². The van der Waals surface area contributed by atoms with Crippen molar-refractivity contribution in [2.24, 2.45) is 0 Å². The fraction of sp³-hybridized carbons (Fsp3) is 0.733.